The Morgan fingerprint density at radius 2 is 2.09 bits per heavy atom. The maximum atomic E-state index is 12.4. The first-order chi connectivity index (χ1) is 10.7. The van der Waals surface area contributed by atoms with E-state index in [1.807, 2.05) is 6.07 Å². The van der Waals surface area contributed by atoms with Gasteiger partial charge in [0.15, 0.2) is 0 Å². The molecule has 0 amide bonds. The molecule has 1 aromatic carbocycles. The van der Waals surface area contributed by atoms with Crippen molar-refractivity contribution in [3.8, 4) is 6.07 Å². The normalized spacial score (nSPS) is 15.6. The Bertz CT molecular complexity index is 704. The predicted molar refractivity (Wildman–Crippen MR) is 87.3 cm³/mol. The molecule has 2 rings (SSSR count). The van der Waals surface area contributed by atoms with Crippen molar-refractivity contribution in [3.63, 3.8) is 0 Å². The number of nitrogens with zero attached hydrogens (tertiary/aromatic N) is 1. The Morgan fingerprint density at radius 3 is 2.57 bits per heavy atom. The van der Waals surface area contributed by atoms with Crippen molar-refractivity contribution in [2.24, 2.45) is 5.92 Å². The van der Waals surface area contributed by atoms with Crippen LogP contribution in [0.5, 0.6) is 0 Å². The SMILES string of the molecule is Cc1cc(NC(=S)C(C#N)=C(O)C2CC2)ccc1SC(F)(F)F. The lowest BCUT2D eigenvalue weighted by Crippen LogP contribution is -2.14. The minimum atomic E-state index is -4.35. The third kappa shape index (κ3) is 4.88. The molecular formula is C15H13F3N2OS2. The van der Waals surface area contributed by atoms with E-state index in [1.54, 1.807) is 6.92 Å². The highest BCUT2D eigenvalue weighted by Gasteiger charge is 2.31. The van der Waals surface area contributed by atoms with Crippen LogP contribution < -0.4 is 5.32 Å². The number of aliphatic hydroxyl groups is 1. The molecule has 23 heavy (non-hydrogen) atoms. The van der Waals surface area contributed by atoms with Gasteiger partial charge in [0.05, 0.1) is 0 Å². The number of thiocarbonyl (C=S) groups is 1. The summed E-state index contributed by atoms with van der Waals surface area (Å²) >= 11 is 4.93. The molecule has 1 aliphatic carbocycles. The Balaban J connectivity index is 2.14. The fraction of sp³-hybridized carbons (Fsp3) is 0.333. The van der Waals surface area contributed by atoms with Crippen molar-refractivity contribution < 1.29 is 18.3 Å². The summed E-state index contributed by atoms with van der Waals surface area (Å²) < 4.78 is 37.2. The quantitative estimate of drug-likeness (QED) is 0.258. The van der Waals surface area contributed by atoms with Crippen LogP contribution >= 0.6 is 24.0 Å². The van der Waals surface area contributed by atoms with E-state index in [-0.39, 0.29) is 38.9 Å². The predicted octanol–water partition coefficient (Wildman–Crippen LogP) is 5.09. The Kier molecular flexibility index (Phi) is 5.22. The summed E-state index contributed by atoms with van der Waals surface area (Å²) in [6.45, 7) is 1.56. The number of anilines is 1. The van der Waals surface area contributed by atoms with Gasteiger partial charge in [-0.05, 0) is 55.3 Å². The van der Waals surface area contributed by atoms with Gasteiger partial charge in [-0.2, -0.15) is 18.4 Å². The van der Waals surface area contributed by atoms with E-state index in [9.17, 15) is 18.3 Å². The second-order valence-corrected chi connectivity index (χ2v) is 6.64. The number of aryl methyl sites for hydroxylation is 1. The summed E-state index contributed by atoms with van der Waals surface area (Å²) in [6, 6.07) is 6.19. The molecule has 0 radical (unpaired) electrons. The second-order valence-electron chi connectivity index (χ2n) is 5.13. The van der Waals surface area contributed by atoms with Gasteiger partial charge in [0, 0.05) is 16.5 Å². The Hall–Kier alpha value is -1.72. The average Bonchev–Trinajstić information content (AvgIpc) is 3.25. The van der Waals surface area contributed by atoms with Gasteiger partial charge in [0.2, 0.25) is 0 Å². The first-order valence-electron chi connectivity index (χ1n) is 6.72. The van der Waals surface area contributed by atoms with E-state index in [2.05, 4.69) is 5.32 Å². The summed E-state index contributed by atoms with van der Waals surface area (Å²) in [7, 11) is 0. The second kappa shape index (κ2) is 6.81. The van der Waals surface area contributed by atoms with E-state index in [0.717, 1.165) is 12.8 Å². The number of allylic oxidation sites excluding steroid dienone is 1. The van der Waals surface area contributed by atoms with Crippen LogP contribution in [0.25, 0.3) is 0 Å². The lowest BCUT2D eigenvalue weighted by atomic mass is 10.1. The molecule has 8 heteroatoms. The van der Waals surface area contributed by atoms with Gasteiger partial charge in [0.25, 0.3) is 0 Å². The Morgan fingerprint density at radius 1 is 1.43 bits per heavy atom. The smallest absolute Gasteiger partial charge is 0.446 e. The topological polar surface area (TPSA) is 56.0 Å². The third-order valence-electron chi connectivity index (χ3n) is 3.22. The summed E-state index contributed by atoms with van der Waals surface area (Å²) in [6.07, 6.45) is 1.64. The van der Waals surface area contributed by atoms with Crippen molar-refractivity contribution in [1.82, 2.24) is 0 Å². The lowest BCUT2D eigenvalue weighted by Gasteiger charge is -2.12. The molecule has 0 spiro atoms. The van der Waals surface area contributed by atoms with Gasteiger partial charge in [-0.3, -0.25) is 0 Å². The van der Waals surface area contributed by atoms with Crippen LogP contribution in [0, 0.1) is 24.2 Å². The molecule has 3 nitrogen and oxygen atoms in total. The number of halogens is 3. The van der Waals surface area contributed by atoms with Gasteiger partial charge in [0.1, 0.15) is 22.4 Å². The molecule has 0 saturated heterocycles. The standard InChI is InChI=1S/C15H13F3N2OS2/c1-8-6-10(4-5-12(8)23-15(16,17)18)20-14(22)11(7-19)13(21)9-2-3-9/h4-6,9,21H,2-3H2,1H3,(H,20,22). The molecule has 0 unspecified atom stereocenters. The van der Waals surface area contributed by atoms with Gasteiger partial charge in [-0.1, -0.05) is 12.2 Å². The molecule has 122 valence electrons. The number of hydrogen-bond acceptors (Lipinski definition) is 4. The zero-order valence-corrected chi connectivity index (χ0v) is 13.7. The highest BCUT2D eigenvalue weighted by Crippen LogP contribution is 2.39. The third-order valence-corrected chi connectivity index (χ3v) is 4.43. The van der Waals surface area contributed by atoms with Crippen LogP contribution in [-0.4, -0.2) is 15.6 Å². The minimum absolute atomic E-state index is 0.00824. The molecular weight excluding hydrogens is 345 g/mol. The first kappa shape index (κ1) is 17.6. The van der Waals surface area contributed by atoms with E-state index < -0.39 is 5.51 Å². The van der Waals surface area contributed by atoms with Crippen molar-refractivity contribution in [2.45, 2.75) is 30.2 Å². The van der Waals surface area contributed by atoms with E-state index in [1.165, 1.54) is 18.2 Å². The van der Waals surface area contributed by atoms with E-state index in [4.69, 9.17) is 17.5 Å². The minimum Gasteiger partial charge on any atom is -0.511 e. The zero-order chi connectivity index (χ0) is 17.2. The molecule has 1 aromatic rings. The lowest BCUT2D eigenvalue weighted by molar-refractivity contribution is -0.0328. The van der Waals surface area contributed by atoms with Gasteiger partial charge in [-0.15, -0.1) is 0 Å². The van der Waals surface area contributed by atoms with Gasteiger partial charge >= 0.3 is 5.51 Å². The largest absolute Gasteiger partial charge is 0.511 e. The zero-order valence-electron chi connectivity index (χ0n) is 12.1. The monoisotopic (exact) mass is 358 g/mol. The first-order valence-corrected chi connectivity index (χ1v) is 7.94. The number of thioether (sulfide) groups is 1. The van der Waals surface area contributed by atoms with Crippen molar-refractivity contribution in [2.75, 3.05) is 5.32 Å². The van der Waals surface area contributed by atoms with Gasteiger partial charge in [-0.25, -0.2) is 0 Å². The van der Waals surface area contributed by atoms with Crippen LogP contribution in [0.15, 0.2) is 34.4 Å². The highest BCUT2D eigenvalue weighted by molar-refractivity contribution is 8.00. The van der Waals surface area contributed by atoms with Crippen LogP contribution in [-0.2, 0) is 0 Å². The molecule has 0 heterocycles. The molecule has 0 bridgehead atoms. The van der Waals surface area contributed by atoms with Crippen molar-refractivity contribution >= 4 is 34.7 Å². The van der Waals surface area contributed by atoms with Crippen LogP contribution in [0.4, 0.5) is 18.9 Å². The number of nitrogens with one attached hydrogen (secondary N) is 1. The van der Waals surface area contributed by atoms with Crippen molar-refractivity contribution in [1.29, 1.82) is 5.26 Å². The fourth-order valence-electron chi connectivity index (χ4n) is 1.95. The molecule has 0 aromatic heterocycles. The van der Waals surface area contributed by atoms with E-state index >= 15 is 0 Å². The molecule has 0 atom stereocenters. The highest BCUT2D eigenvalue weighted by atomic mass is 32.2. The summed E-state index contributed by atoms with van der Waals surface area (Å²) in [5.74, 6) is -0.0392. The maximum absolute atomic E-state index is 12.4. The van der Waals surface area contributed by atoms with Crippen LogP contribution in [0.2, 0.25) is 0 Å². The molecule has 0 aliphatic heterocycles. The molecule has 1 saturated carbocycles. The van der Waals surface area contributed by atoms with Gasteiger partial charge < -0.3 is 10.4 Å². The van der Waals surface area contributed by atoms with E-state index in [0.29, 0.717) is 11.3 Å². The number of hydrogen-bond donors (Lipinski definition) is 2. The molecule has 2 N–H and O–H groups in total. The Labute approximate surface area is 141 Å². The van der Waals surface area contributed by atoms with Crippen LogP contribution in [0.3, 0.4) is 0 Å². The van der Waals surface area contributed by atoms with Crippen molar-refractivity contribution in [3.05, 3.63) is 35.1 Å². The number of rotatable bonds is 4. The van der Waals surface area contributed by atoms with Crippen LogP contribution in [0.1, 0.15) is 18.4 Å². The number of nitriles is 1. The summed E-state index contributed by atoms with van der Waals surface area (Å²) in [4.78, 5) is 0.165. The summed E-state index contributed by atoms with van der Waals surface area (Å²) in [5.41, 5.74) is -3.43. The number of aliphatic hydroxyl groups excluding tert-OH is 1. The summed E-state index contributed by atoms with van der Waals surface area (Å²) in [5, 5.41) is 21.8. The number of benzene rings is 1. The average molecular weight is 358 g/mol. The molecule has 1 fully saturated rings. The fourth-order valence-corrected chi connectivity index (χ4v) is 2.82. The number of alkyl halides is 3. The maximum Gasteiger partial charge on any atom is 0.446 e. The molecule has 1 aliphatic rings.